The number of carbonyl (C=O) groups is 2. The van der Waals surface area contributed by atoms with Crippen molar-refractivity contribution in [3.63, 3.8) is 0 Å². The van der Waals surface area contributed by atoms with Crippen LogP contribution in [0, 0.1) is 23.3 Å². The summed E-state index contributed by atoms with van der Waals surface area (Å²) < 4.78 is 54.5. The third-order valence-corrected chi connectivity index (χ3v) is 4.08. The number of nitrogen functional groups attached to an aromatic ring is 2. The van der Waals surface area contributed by atoms with Crippen molar-refractivity contribution in [1.29, 1.82) is 0 Å². The molecule has 154 valence electrons. The molecule has 10 heteroatoms. The van der Waals surface area contributed by atoms with Gasteiger partial charge in [0.25, 0.3) is 11.8 Å². The van der Waals surface area contributed by atoms with Gasteiger partial charge in [0.1, 0.15) is 23.3 Å². The first kappa shape index (κ1) is 20.6. The third-order valence-electron chi connectivity index (χ3n) is 4.08. The van der Waals surface area contributed by atoms with Crippen molar-refractivity contribution in [1.82, 2.24) is 0 Å². The molecule has 3 aromatic rings. The van der Waals surface area contributed by atoms with Gasteiger partial charge >= 0.3 is 0 Å². The smallest absolute Gasteiger partial charge is 0.255 e. The molecule has 6 N–H and O–H groups in total. The molecular weight excluding hydrogens is 404 g/mol. The van der Waals surface area contributed by atoms with Crippen LogP contribution < -0.4 is 22.1 Å². The van der Waals surface area contributed by atoms with E-state index < -0.39 is 57.8 Å². The Kier molecular flexibility index (Phi) is 5.58. The number of anilines is 4. The van der Waals surface area contributed by atoms with E-state index in [0.717, 1.165) is 24.3 Å². The lowest BCUT2D eigenvalue weighted by Gasteiger charge is -2.10. The highest BCUT2D eigenvalue weighted by Gasteiger charge is 2.15. The van der Waals surface area contributed by atoms with E-state index in [2.05, 4.69) is 10.6 Å². The van der Waals surface area contributed by atoms with Gasteiger partial charge in [-0.25, -0.2) is 17.6 Å². The van der Waals surface area contributed by atoms with Gasteiger partial charge in [-0.2, -0.15) is 0 Å². The Bertz CT molecular complexity index is 1060. The average Bonchev–Trinajstić information content (AvgIpc) is 2.70. The summed E-state index contributed by atoms with van der Waals surface area (Å²) in [4.78, 5) is 24.4. The largest absolute Gasteiger partial charge is 0.396 e. The average molecular weight is 418 g/mol. The molecule has 0 fully saturated rings. The molecule has 0 spiro atoms. The number of nitrogens with two attached hydrogens (primary N) is 2. The Morgan fingerprint density at radius 3 is 1.27 bits per heavy atom. The number of rotatable bonds is 4. The van der Waals surface area contributed by atoms with Crippen LogP contribution in [0.5, 0.6) is 0 Å². The van der Waals surface area contributed by atoms with Crippen LogP contribution in [0.15, 0.2) is 48.5 Å². The lowest BCUT2D eigenvalue weighted by atomic mass is 10.1. The predicted octanol–water partition coefficient (Wildman–Crippen LogP) is 3.91. The first-order valence-corrected chi connectivity index (χ1v) is 8.37. The molecule has 0 heterocycles. The van der Waals surface area contributed by atoms with Crippen molar-refractivity contribution in [3.05, 3.63) is 82.9 Å². The minimum atomic E-state index is -0.920. The fourth-order valence-electron chi connectivity index (χ4n) is 2.48. The van der Waals surface area contributed by atoms with E-state index in [1.54, 1.807) is 0 Å². The van der Waals surface area contributed by atoms with Crippen LogP contribution in [0.3, 0.4) is 0 Å². The van der Waals surface area contributed by atoms with Gasteiger partial charge in [-0.15, -0.1) is 0 Å². The van der Waals surface area contributed by atoms with Crippen molar-refractivity contribution >= 4 is 34.6 Å². The van der Waals surface area contributed by atoms with E-state index in [-0.39, 0.29) is 11.1 Å². The molecule has 0 aliphatic carbocycles. The minimum Gasteiger partial charge on any atom is -0.396 e. The number of benzene rings is 3. The van der Waals surface area contributed by atoms with Crippen molar-refractivity contribution in [3.8, 4) is 0 Å². The molecule has 0 aromatic heterocycles. The summed E-state index contributed by atoms with van der Waals surface area (Å²) >= 11 is 0. The fourth-order valence-corrected chi connectivity index (χ4v) is 2.48. The molecule has 3 aromatic carbocycles. The summed E-state index contributed by atoms with van der Waals surface area (Å²) in [5, 5.41) is 4.38. The summed E-state index contributed by atoms with van der Waals surface area (Å²) in [7, 11) is 0. The maximum atomic E-state index is 13.8. The Labute approximate surface area is 167 Å². The van der Waals surface area contributed by atoms with Gasteiger partial charge < -0.3 is 22.1 Å². The van der Waals surface area contributed by atoms with Crippen LogP contribution in [-0.4, -0.2) is 11.8 Å². The topological polar surface area (TPSA) is 110 Å². The lowest BCUT2D eigenvalue weighted by molar-refractivity contribution is 0.101. The molecule has 3 rings (SSSR count). The van der Waals surface area contributed by atoms with Crippen molar-refractivity contribution in [2.75, 3.05) is 22.1 Å². The molecule has 6 nitrogen and oxygen atoms in total. The molecule has 0 saturated carbocycles. The van der Waals surface area contributed by atoms with Gasteiger partial charge in [0, 0.05) is 35.4 Å². The Morgan fingerprint density at radius 2 is 0.933 bits per heavy atom. The second kappa shape index (κ2) is 8.11. The second-order valence-corrected chi connectivity index (χ2v) is 6.19. The summed E-state index contributed by atoms with van der Waals surface area (Å²) in [6.07, 6.45) is 0. The molecule has 2 amide bonds. The molecule has 0 aliphatic rings. The number of halogens is 4. The SMILES string of the molecule is Nc1cc(F)c(NC(=O)c2ccc(C(=O)Nc3cc(F)c(N)cc3F)cc2)cc1F. The van der Waals surface area contributed by atoms with E-state index in [1.165, 1.54) is 24.3 Å². The van der Waals surface area contributed by atoms with Gasteiger partial charge in [-0.1, -0.05) is 0 Å². The zero-order valence-corrected chi connectivity index (χ0v) is 15.1. The molecule has 0 bridgehead atoms. The van der Waals surface area contributed by atoms with E-state index in [1.807, 2.05) is 0 Å². The summed E-state index contributed by atoms with van der Waals surface area (Å²) in [6, 6.07) is 7.93. The molecular formula is C20H14F4N4O2. The summed E-state index contributed by atoms with van der Waals surface area (Å²) in [6.45, 7) is 0. The second-order valence-electron chi connectivity index (χ2n) is 6.19. The van der Waals surface area contributed by atoms with Crippen LogP contribution in [0.4, 0.5) is 40.3 Å². The number of nitrogens with one attached hydrogen (secondary N) is 2. The number of amides is 2. The van der Waals surface area contributed by atoms with E-state index in [9.17, 15) is 27.2 Å². The van der Waals surface area contributed by atoms with E-state index >= 15 is 0 Å². The molecule has 0 radical (unpaired) electrons. The van der Waals surface area contributed by atoms with Crippen LogP contribution in [0.2, 0.25) is 0 Å². The van der Waals surface area contributed by atoms with Gasteiger partial charge in [0.15, 0.2) is 0 Å². The highest BCUT2D eigenvalue weighted by molar-refractivity contribution is 6.07. The highest BCUT2D eigenvalue weighted by Crippen LogP contribution is 2.23. The zero-order valence-electron chi connectivity index (χ0n) is 15.1. The van der Waals surface area contributed by atoms with E-state index in [4.69, 9.17) is 11.5 Å². The molecule has 30 heavy (non-hydrogen) atoms. The maximum Gasteiger partial charge on any atom is 0.255 e. The van der Waals surface area contributed by atoms with Crippen LogP contribution in [0.1, 0.15) is 20.7 Å². The van der Waals surface area contributed by atoms with Crippen molar-refractivity contribution in [2.45, 2.75) is 0 Å². The fraction of sp³-hybridized carbons (Fsp3) is 0. The van der Waals surface area contributed by atoms with Crippen LogP contribution in [0.25, 0.3) is 0 Å². The van der Waals surface area contributed by atoms with E-state index in [0.29, 0.717) is 0 Å². The molecule has 0 atom stereocenters. The van der Waals surface area contributed by atoms with Crippen molar-refractivity contribution < 1.29 is 27.2 Å². The predicted molar refractivity (Wildman–Crippen MR) is 104 cm³/mol. The summed E-state index contributed by atoms with van der Waals surface area (Å²) in [5.41, 5.74) is 8.93. The Hall–Kier alpha value is -4.08. The first-order valence-electron chi connectivity index (χ1n) is 8.37. The van der Waals surface area contributed by atoms with Gasteiger partial charge in [-0.05, 0) is 24.3 Å². The third kappa shape index (κ3) is 4.32. The van der Waals surface area contributed by atoms with Gasteiger partial charge in [-0.3, -0.25) is 9.59 Å². The molecule has 0 unspecified atom stereocenters. The number of hydrogen-bond acceptors (Lipinski definition) is 4. The van der Waals surface area contributed by atoms with Crippen LogP contribution in [-0.2, 0) is 0 Å². The normalized spacial score (nSPS) is 10.5. The Morgan fingerprint density at radius 1 is 0.600 bits per heavy atom. The number of hydrogen-bond donors (Lipinski definition) is 4. The first-order chi connectivity index (χ1) is 14.2. The molecule has 0 aliphatic heterocycles. The monoisotopic (exact) mass is 418 g/mol. The number of carbonyl (C=O) groups excluding carboxylic acids is 2. The highest BCUT2D eigenvalue weighted by atomic mass is 19.1. The standard InChI is InChI=1S/C20H14F4N4O2/c21-11-7-17(13(23)5-15(11)25)27-19(29)9-1-2-10(4-3-9)20(30)28-18-8-12(22)16(26)6-14(18)24/h1-8H,25-26H2,(H,27,29)(H,28,30). The summed E-state index contributed by atoms with van der Waals surface area (Å²) in [5.74, 6) is -5.17. The van der Waals surface area contributed by atoms with Gasteiger partial charge in [0.2, 0.25) is 0 Å². The van der Waals surface area contributed by atoms with Gasteiger partial charge in [0.05, 0.1) is 22.7 Å². The Balaban J connectivity index is 1.73. The van der Waals surface area contributed by atoms with Crippen molar-refractivity contribution in [2.24, 2.45) is 0 Å². The molecule has 0 saturated heterocycles. The quantitative estimate of drug-likeness (QED) is 0.380. The maximum absolute atomic E-state index is 13.8. The minimum absolute atomic E-state index is 0.0351. The van der Waals surface area contributed by atoms with Crippen LogP contribution >= 0.6 is 0 Å². The zero-order chi connectivity index (χ0) is 22.0. The lowest BCUT2D eigenvalue weighted by Crippen LogP contribution is -2.16.